The van der Waals surface area contributed by atoms with Gasteiger partial charge in [0, 0.05) is 56.8 Å². The highest BCUT2D eigenvalue weighted by atomic mass is 35.5. The zero-order chi connectivity index (χ0) is 21.3. The van der Waals surface area contributed by atoms with Crippen molar-refractivity contribution >= 4 is 34.2 Å². The van der Waals surface area contributed by atoms with Crippen molar-refractivity contribution < 1.29 is 13.9 Å². The molecule has 2 N–H and O–H groups in total. The fourth-order valence-electron chi connectivity index (χ4n) is 3.87. The van der Waals surface area contributed by atoms with E-state index in [1.807, 2.05) is 6.20 Å². The van der Waals surface area contributed by atoms with Gasteiger partial charge in [0.15, 0.2) is 0 Å². The van der Waals surface area contributed by atoms with E-state index >= 15 is 0 Å². The van der Waals surface area contributed by atoms with E-state index in [2.05, 4.69) is 20.4 Å². The number of halogens is 2. The van der Waals surface area contributed by atoms with E-state index in [9.17, 15) is 9.18 Å². The smallest absolute Gasteiger partial charge is 0.219 e. The number of H-pyrrole nitrogens is 1. The second-order valence-electron chi connectivity index (χ2n) is 7.37. The number of ether oxygens (including phenoxy) is 1. The van der Waals surface area contributed by atoms with Crippen molar-refractivity contribution in [3.8, 4) is 11.1 Å². The number of fused-ring (bicyclic) bond motifs is 1. The zero-order valence-corrected chi connectivity index (χ0v) is 17.6. The third-order valence-corrected chi connectivity index (χ3v) is 5.76. The Hall–Kier alpha value is -2.65. The normalized spacial score (nSPS) is 19.4. The van der Waals surface area contributed by atoms with Crippen LogP contribution in [0.15, 0.2) is 24.8 Å². The van der Waals surface area contributed by atoms with E-state index in [1.165, 1.54) is 11.8 Å². The summed E-state index contributed by atoms with van der Waals surface area (Å²) in [4.78, 5) is 20.6. The molecule has 1 unspecified atom stereocenters. The Bertz CT molecular complexity index is 1050. The van der Waals surface area contributed by atoms with Crippen molar-refractivity contribution in [3.05, 3.63) is 29.8 Å². The van der Waals surface area contributed by atoms with Gasteiger partial charge in [0.05, 0.1) is 41.5 Å². The molecule has 4 rings (SSSR count). The third kappa shape index (κ3) is 3.87. The summed E-state index contributed by atoms with van der Waals surface area (Å²) in [6, 6.07) is -0.410. The molecule has 1 aliphatic heterocycles. The highest BCUT2D eigenvalue weighted by molar-refractivity contribution is 6.36. The number of aromatic nitrogens is 4. The van der Waals surface area contributed by atoms with E-state index in [0.717, 1.165) is 22.2 Å². The number of nitrogens with one attached hydrogen (secondary N) is 2. The topological polar surface area (TPSA) is 88.1 Å². The van der Waals surface area contributed by atoms with E-state index in [4.69, 9.17) is 16.3 Å². The van der Waals surface area contributed by atoms with Gasteiger partial charge in [-0.15, -0.1) is 0 Å². The molecule has 1 aliphatic rings. The maximum absolute atomic E-state index is 14.7. The van der Waals surface area contributed by atoms with Crippen molar-refractivity contribution in [1.82, 2.24) is 24.6 Å². The Morgan fingerprint density at radius 3 is 3.03 bits per heavy atom. The zero-order valence-electron chi connectivity index (χ0n) is 16.9. The summed E-state index contributed by atoms with van der Waals surface area (Å²) in [6.07, 6.45) is 6.32. The van der Waals surface area contributed by atoms with Crippen LogP contribution in [0.1, 0.15) is 19.4 Å². The van der Waals surface area contributed by atoms with Crippen molar-refractivity contribution in [1.29, 1.82) is 0 Å². The van der Waals surface area contributed by atoms with Gasteiger partial charge in [-0.2, -0.15) is 5.10 Å². The largest absolute Gasteiger partial charge is 0.383 e. The molecule has 10 heteroatoms. The first kappa shape index (κ1) is 20.6. The molecule has 4 heterocycles. The summed E-state index contributed by atoms with van der Waals surface area (Å²) < 4.78 is 21.5. The van der Waals surface area contributed by atoms with Gasteiger partial charge in [-0.1, -0.05) is 11.6 Å². The lowest BCUT2D eigenvalue weighted by molar-refractivity contribution is -0.131. The molecule has 1 amide bonds. The van der Waals surface area contributed by atoms with Crippen LogP contribution in [0.25, 0.3) is 22.2 Å². The highest BCUT2D eigenvalue weighted by Crippen LogP contribution is 2.37. The summed E-state index contributed by atoms with van der Waals surface area (Å²) in [6.45, 7) is 3.20. The number of carbonyl (C=O) groups is 1. The number of carbonyl (C=O) groups excluding carboxylic acids is 1. The van der Waals surface area contributed by atoms with Crippen LogP contribution >= 0.6 is 11.6 Å². The van der Waals surface area contributed by atoms with Crippen molar-refractivity contribution in [2.75, 3.05) is 38.7 Å². The number of pyridine rings is 1. The number of methoxy groups -OCH3 is 1. The van der Waals surface area contributed by atoms with E-state index in [-0.39, 0.29) is 12.5 Å². The molecule has 1 fully saturated rings. The second kappa shape index (κ2) is 8.61. The standard InChI is InChI=1S/C20H24ClFN6O2/c1-12(29)27-5-3-17(16(22)11-27)28-10-13(7-26-28)14-8-24-20-18(15(21)9-25-20)19(14)23-4-6-30-2/h7-10,16-17H,3-6,11H2,1-2H3,(H2,23,24,25)/t16-,17?/m0/s1. The van der Waals surface area contributed by atoms with Gasteiger partial charge < -0.3 is 19.9 Å². The number of amides is 1. The van der Waals surface area contributed by atoms with Crippen molar-refractivity contribution in [2.45, 2.75) is 25.6 Å². The monoisotopic (exact) mass is 434 g/mol. The van der Waals surface area contributed by atoms with Crippen LogP contribution in [-0.4, -0.2) is 70.1 Å². The average molecular weight is 435 g/mol. The minimum absolute atomic E-state index is 0.0888. The lowest BCUT2D eigenvalue weighted by Crippen LogP contribution is -2.44. The van der Waals surface area contributed by atoms with E-state index < -0.39 is 12.2 Å². The van der Waals surface area contributed by atoms with Gasteiger partial charge in [0.2, 0.25) is 5.91 Å². The minimum atomic E-state index is -1.17. The summed E-state index contributed by atoms with van der Waals surface area (Å²) in [5.74, 6) is -0.105. The van der Waals surface area contributed by atoms with E-state index in [0.29, 0.717) is 36.8 Å². The lowest BCUT2D eigenvalue weighted by atomic mass is 10.0. The van der Waals surface area contributed by atoms with Crippen LogP contribution in [0.5, 0.6) is 0 Å². The molecule has 0 saturated carbocycles. The van der Waals surface area contributed by atoms with Gasteiger partial charge in [0.1, 0.15) is 11.8 Å². The van der Waals surface area contributed by atoms with Crippen LogP contribution in [-0.2, 0) is 9.53 Å². The molecule has 30 heavy (non-hydrogen) atoms. The lowest BCUT2D eigenvalue weighted by Gasteiger charge is -2.34. The van der Waals surface area contributed by atoms with E-state index in [1.54, 1.807) is 30.4 Å². The van der Waals surface area contributed by atoms with Crippen molar-refractivity contribution in [2.24, 2.45) is 0 Å². The van der Waals surface area contributed by atoms with Crippen LogP contribution in [0.3, 0.4) is 0 Å². The molecule has 2 atom stereocenters. The Kier molecular flexibility index (Phi) is 5.92. The van der Waals surface area contributed by atoms with Gasteiger partial charge in [-0.05, 0) is 6.42 Å². The van der Waals surface area contributed by atoms with Crippen LogP contribution < -0.4 is 5.32 Å². The Morgan fingerprint density at radius 2 is 2.30 bits per heavy atom. The third-order valence-electron chi connectivity index (χ3n) is 5.47. The summed E-state index contributed by atoms with van der Waals surface area (Å²) in [5, 5.41) is 9.14. The predicted molar refractivity (Wildman–Crippen MR) is 113 cm³/mol. The first-order valence-corrected chi connectivity index (χ1v) is 10.2. The van der Waals surface area contributed by atoms with Crippen molar-refractivity contribution in [3.63, 3.8) is 0 Å². The SMILES string of the molecule is COCCNc1c(-c2cnn(C3CCN(C(C)=O)C[C@@H]3F)c2)cnc2[nH]cc(Cl)c12. The molecule has 0 bridgehead atoms. The number of piperidine rings is 1. The summed E-state index contributed by atoms with van der Waals surface area (Å²) in [7, 11) is 1.64. The molecule has 1 saturated heterocycles. The molecular formula is C20H24ClFN6O2. The Labute approximate surface area is 178 Å². The number of hydrogen-bond acceptors (Lipinski definition) is 5. The molecular weight excluding hydrogens is 411 g/mol. The number of rotatable bonds is 6. The van der Waals surface area contributed by atoms with Crippen LogP contribution in [0.2, 0.25) is 5.02 Å². The number of hydrogen-bond donors (Lipinski definition) is 2. The number of anilines is 1. The predicted octanol–water partition coefficient (Wildman–Crippen LogP) is 3.27. The molecule has 0 aromatic carbocycles. The summed E-state index contributed by atoms with van der Waals surface area (Å²) >= 11 is 6.39. The first-order chi connectivity index (χ1) is 14.5. The van der Waals surface area contributed by atoms with Crippen LogP contribution in [0.4, 0.5) is 10.1 Å². The molecule has 0 aliphatic carbocycles. The Balaban J connectivity index is 1.65. The number of aromatic amines is 1. The maximum atomic E-state index is 14.7. The number of nitrogens with zero attached hydrogens (tertiary/aromatic N) is 4. The van der Waals surface area contributed by atoms with Gasteiger partial charge in [-0.25, -0.2) is 9.37 Å². The molecule has 3 aromatic rings. The molecule has 3 aromatic heterocycles. The highest BCUT2D eigenvalue weighted by Gasteiger charge is 2.32. The second-order valence-corrected chi connectivity index (χ2v) is 7.78. The quantitative estimate of drug-likeness (QED) is 0.581. The Morgan fingerprint density at radius 1 is 1.47 bits per heavy atom. The van der Waals surface area contributed by atoms with Gasteiger partial charge >= 0.3 is 0 Å². The molecule has 8 nitrogen and oxygen atoms in total. The summed E-state index contributed by atoms with van der Waals surface area (Å²) in [5.41, 5.74) is 3.13. The first-order valence-electron chi connectivity index (χ1n) is 9.82. The van der Waals surface area contributed by atoms with Gasteiger partial charge in [-0.3, -0.25) is 9.48 Å². The maximum Gasteiger partial charge on any atom is 0.219 e. The minimum Gasteiger partial charge on any atom is -0.383 e. The average Bonchev–Trinajstić information content (AvgIpc) is 3.35. The fourth-order valence-corrected chi connectivity index (χ4v) is 4.11. The number of alkyl halides is 1. The van der Waals surface area contributed by atoms with Gasteiger partial charge in [0.25, 0.3) is 0 Å². The molecule has 0 radical (unpaired) electrons. The molecule has 0 spiro atoms. The number of likely N-dealkylation sites (tertiary alicyclic amines) is 1. The molecule has 160 valence electrons. The fraction of sp³-hybridized carbons (Fsp3) is 0.450. The van der Waals surface area contributed by atoms with Crippen LogP contribution in [0, 0.1) is 0 Å².